The van der Waals surface area contributed by atoms with E-state index >= 15 is 0 Å². The highest BCUT2D eigenvalue weighted by Gasteiger charge is 1.99. The maximum absolute atomic E-state index is 5.68. The summed E-state index contributed by atoms with van der Waals surface area (Å²) in [5.74, 6) is 0.934. The molecule has 1 heterocycles. The van der Waals surface area contributed by atoms with Gasteiger partial charge in [-0.15, -0.1) is 0 Å². The number of benzene rings is 1. The molecule has 0 radical (unpaired) electrons. The monoisotopic (exact) mass is 259 g/mol. The van der Waals surface area contributed by atoms with Gasteiger partial charge >= 0.3 is 0 Å². The predicted octanol–water partition coefficient (Wildman–Crippen LogP) is 2.46. The normalized spacial score (nSPS) is 10.9. The van der Waals surface area contributed by atoms with Crippen molar-refractivity contribution in [2.45, 2.75) is 33.0 Å². The molecule has 0 spiro atoms. The lowest BCUT2D eigenvalue weighted by atomic mass is 10.2. The van der Waals surface area contributed by atoms with E-state index in [1.165, 1.54) is 5.56 Å². The van der Waals surface area contributed by atoms with Crippen LogP contribution < -0.4 is 10.1 Å². The Hall–Kier alpha value is -1.81. The fourth-order valence-electron chi connectivity index (χ4n) is 1.86. The molecule has 0 saturated heterocycles. The molecule has 2 aromatic rings. The van der Waals surface area contributed by atoms with Gasteiger partial charge in [0.15, 0.2) is 0 Å². The molecule has 0 bridgehead atoms. The average molecular weight is 259 g/mol. The van der Waals surface area contributed by atoms with Crippen LogP contribution in [0.3, 0.4) is 0 Å². The number of aromatic nitrogens is 2. The topological polar surface area (TPSA) is 39.1 Å². The Kier molecular flexibility index (Phi) is 4.98. The second kappa shape index (κ2) is 6.95. The zero-order valence-electron chi connectivity index (χ0n) is 11.5. The smallest absolute Gasteiger partial charge is 0.120 e. The van der Waals surface area contributed by atoms with Gasteiger partial charge in [-0.25, -0.2) is 4.98 Å². The molecule has 0 amide bonds. The number of nitrogens with zero attached hydrogens (tertiary/aromatic N) is 2. The third kappa shape index (κ3) is 4.75. The molecule has 19 heavy (non-hydrogen) atoms. The predicted molar refractivity (Wildman–Crippen MR) is 76.1 cm³/mol. The molecule has 0 saturated carbocycles. The first-order chi connectivity index (χ1) is 9.24. The zero-order chi connectivity index (χ0) is 13.5. The number of hydrogen-bond acceptors (Lipinski definition) is 3. The first-order valence-electron chi connectivity index (χ1n) is 6.66. The van der Waals surface area contributed by atoms with E-state index in [1.807, 2.05) is 38.5 Å². The van der Waals surface area contributed by atoms with Crippen molar-refractivity contribution in [2.75, 3.05) is 6.54 Å². The van der Waals surface area contributed by atoms with Gasteiger partial charge in [0.05, 0.1) is 12.4 Å². The van der Waals surface area contributed by atoms with Crippen LogP contribution in [0.1, 0.15) is 19.4 Å². The molecule has 1 aromatic carbocycles. The SMILES string of the molecule is CC(C)Oc1cccc(CNCCn2ccnc2)c1. The third-order valence-corrected chi connectivity index (χ3v) is 2.71. The van der Waals surface area contributed by atoms with Crippen molar-refractivity contribution in [1.29, 1.82) is 0 Å². The molecule has 1 N–H and O–H groups in total. The van der Waals surface area contributed by atoms with E-state index in [4.69, 9.17) is 4.74 Å². The Labute approximate surface area is 114 Å². The van der Waals surface area contributed by atoms with E-state index in [1.54, 1.807) is 6.20 Å². The highest BCUT2D eigenvalue weighted by Crippen LogP contribution is 2.14. The Balaban J connectivity index is 1.76. The van der Waals surface area contributed by atoms with Crippen LogP contribution >= 0.6 is 0 Å². The first kappa shape index (κ1) is 13.6. The molecule has 0 aliphatic carbocycles. The maximum atomic E-state index is 5.68. The lowest BCUT2D eigenvalue weighted by molar-refractivity contribution is 0.242. The molecule has 1 aromatic heterocycles. The number of rotatable bonds is 7. The van der Waals surface area contributed by atoms with Gasteiger partial charge in [-0.2, -0.15) is 0 Å². The molecule has 2 rings (SSSR count). The van der Waals surface area contributed by atoms with Crippen molar-refractivity contribution < 1.29 is 4.74 Å². The summed E-state index contributed by atoms with van der Waals surface area (Å²) < 4.78 is 7.74. The Morgan fingerprint density at radius 2 is 2.26 bits per heavy atom. The summed E-state index contributed by atoms with van der Waals surface area (Å²) >= 11 is 0. The van der Waals surface area contributed by atoms with Crippen molar-refractivity contribution in [1.82, 2.24) is 14.9 Å². The fourth-order valence-corrected chi connectivity index (χ4v) is 1.86. The minimum absolute atomic E-state index is 0.212. The van der Waals surface area contributed by atoms with Crippen LogP contribution in [-0.2, 0) is 13.1 Å². The summed E-state index contributed by atoms with van der Waals surface area (Å²) in [6, 6.07) is 8.22. The Morgan fingerprint density at radius 3 is 3.00 bits per heavy atom. The Bertz CT molecular complexity index is 480. The average Bonchev–Trinajstić information content (AvgIpc) is 2.87. The maximum Gasteiger partial charge on any atom is 0.120 e. The minimum atomic E-state index is 0.212. The highest BCUT2D eigenvalue weighted by molar-refractivity contribution is 5.28. The van der Waals surface area contributed by atoms with Gasteiger partial charge in [-0.1, -0.05) is 12.1 Å². The van der Waals surface area contributed by atoms with Gasteiger partial charge in [0.1, 0.15) is 5.75 Å². The molecular weight excluding hydrogens is 238 g/mol. The number of imidazole rings is 1. The van der Waals surface area contributed by atoms with Gasteiger partial charge < -0.3 is 14.6 Å². The molecule has 102 valence electrons. The second-order valence-corrected chi connectivity index (χ2v) is 4.79. The molecule has 0 unspecified atom stereocenters. The van der Waals surface area contributed by atoms with Gasteiger partial charge in [0.2, 0.25) is 0 Å². The van der Waals surface area contributed by atoms with Crippen molar-refractivity contribution in [3.05, 3.63) is 48.5 Å². The molecule has 0 aliphatic rings. The third-order valence-electron chi connectivity index (χ3n) is 2.71. The molecule has 0 fully saturated rings. The van der Waals surface area contributed by atoms with Gasteiger partial charge in [0.25, 0.3) is 0 Å². The number of hydrogen-bond donors (Lipinski definition) is 1. The van der Waals surface area contributed by atoms with E-state index in [0.29, 0.717) is 0 Å². The summed E-state index contributed by atoms with van der Waals surface area (Å²) in [7, 11) is 0. The van der Waals surface area contributed by atoms with E-state index in [2.05, 4.69) is 27.0 Å². The van der Waals surface area contributed by atoms with E-state index < -0.39 is 0 Å². The van der Waals surface area contributed by atoms with Crippen LogP contribution in [0.4, 0.5) is 0 Å². The van der Waals surface area contributed by atoms with Crippen LogP contribution in [-0.4, -0.2) is 22.2 Å². The van der Waals surface area contributed by atoms with Crippen LogP contribution in [0, 0.1) is 0 Å². The van der Waals surface area contributed by atoms with Gasteiger partial charge in [-0.3, -0.25) is 0 Å². The number of nitrogens with one attached hydrogen (secondary N) is 1. The quantitative estimate of drug-likeness (QED) is 0.776. The molecule has 0 atom stereocenters. The summed E-state index contributed by atoms with van der Waals surface area (Å²) in [5.41, 5.74) is 1.24. The molecule has 4 heteroatoms. The molecule has 4 nitrogen and oxygen atoms in total. The molecule has 0 aliphatic heterocycles. The molecular formula is C15H21N3O. The van der Waals surface area contributed by atoms with Crippen LogP contribution in [0.25, 0.3) is 0 Å². The summed E-state index contributed by atoms with van der Waals surface area (Å²) in [6.07, 6.45) is 5.81. The summed E-state index contributed by atoms with van der Waals surface area (Å²) in [4.78, 5) is 4.02. The van der Waals surface area contributed by atoms with Crippen molar-refractivity contribution in [3.8, 4) is 5.75 Å². The van der Waals surface area contributed by atoms with E-state index in [0.717, 1.165) is 25.4 Å². The van der Waals surface area contributed by atoms with Crippen molar-refractivity contribution in [2.24, 2.45) is 0 Å². The van der Waals surface area contributed by atoms with Crippen LogP contribution in [0.15, 0.2) is 43.0 Å². The van der Waals surface area contributed by atoms with Crippen molar-refractivity contribution in [3.63, 3.8) is 0 Å². The Morgan fingerprint density at radius 1 is 1.37 bits per heavy atom. The largest absolute Gasteiger partial charge is 0.491 e. The fraction of sp³-hybridized carbons (Fsp3) is 0.400. The minimum Gasteiger partial charge on any atom is -0.491 e. The number of ether oxygens (including phenoxy) is 1. The first-order valence-corrected chi connectivity index (χ1v) is 6.66. The second-order valence-electron chi connectivity index (χ2n) is 4.79. The van der Waals surface area contributed by atoms with Crippen molar-refractivity contribution >= 4 is 0 Å². The highest BCUT2D eigenvalue weighted by atomic mass is 16.5. The van der Waals surface area contributed by atoms with Gasteiger partial charge in [0, 0.05) is 32.0 Å². The summed E-state index contributed by atoms with van der Waals surface area (Å²) in [6.45, 7) is 6.78. The summed E-state index contributed by atoms with van der Waals surface area (Å²) in [5, 5.41) is 3.42. The van der Waals surface area contributed by atoms with Crippen LogP contribution in [0.5, 0.6) is 5.75 Å². The van der Waals surface area contributed by atoms with Gasteiger partial charge in [-0.05, 0) is 31.5 Å². The van der Waals surface area contributed by atoms with E-state index in [9.17, 15) is 0 Å². The lowest BCUT2D eigenvalue weighted by Crippen LogP contribution is -2.19. The lowest BCUT2D eigenvalue weighted by Gasteiger charge is -2.11. The van der Waals surface area contributed by atoms with E-state index in [-0.39, 0.29) is 6.10 Å². The standard InChI is InChI=1S/C15H21N3O/c1-13(2)19-15-5-3-4-14(10-15)11-16-6-8-18-9-7-17-12-18/h3-5,7,9-10,12-13,16H,6,8,11H2,1-2H3. The van der Waals surface area contributed by atoms with Crippen LogP contribution in [0.2, 0.25) is 0 Å². The zero-order valence-corrected chi connectivity index (χ0v) is 11.5.